The highest BCUT2D eigenvalue weighted by atomic mass is 16.2. The van der Waals surface area contributed by atoms with Crippen molar-refractivity contribution in [3.05, 3.63) is 0 Å². The summed E-state index contributed by atoms with van der Waals surface area (Å²) >= 11 is 0. The summed E-state index contributed by atoms with van der Waals surface area (Å²) in [7, 11) is 0. The number of hydrogen-bond donors (Lipinski definition) is 0. The first-order chi connectivity index (χ1) is 5.31. The minimum absolute atomic E-state index is 0.115. The zero-order valence-corrected chi connectivity index (χ0v) is 6.32. The van der Waals surface area contributed by atoms with Gasteiger partial charge in [-0.25, -0.2) is 0 Å². The molecule has 0 N–H and O–H groups in total. The molecule has 60 valence electrons. The number of aldehydes is 1. The number of hydrogen-bond acceptors (Lipinski definition) is 2. The van der Waals surface area contributed by atoms with E-state index in [0.717, 1.165) is 19.1 Å². The quantitative estimate of drug-likeness (QED) is 0.504. The van der Waals surface area contributed by atoms with Crippen molar-refractivity contribution >= 4 is 12.2 Å². The second-order valence-electron chi connectivity index (χ2n) is 3.37. The van der Waals surface area contributed by atoms with Gasteiger partial charge in [-0.2, -0.15) is 0 Å². The van der Waals surface area contributed by atoms with Crippen molar-refractivity contribution in [1.82, 2.24) is 4.90 Å². The van der Waals surface area contributed by atoms with Crippen molar-refractivity contribution in [1.29, 1.82) is 0 Å². The molecule has 2 aliphatic heterocycles. The molecule has 2 rings (SSSR count). The standard InChI is InChI=1S/C8H11NO2/c10-5-6-3-7-1-2-8(11)9(7)4-6/h5-7H,1-4H2. The largest absolute Gasteiger partial charge is 0.339 e. The molecule has 0 radical (unpaired) electrons. The highest BCUT2D eigenvalue weighted by Crippen LogP contribution is 2.30. The van der Waals surface area contributed by atoms with Crippen LogP contribution in [0.3, 0.4) is 0 Å². The minimum atomic E-state index is 0.115. The Morgan fingerprint density at radius 3 is 3.00 bits per heavy atom. The summed E-state index contributed by atoms with van der Waals surface area (Å²) in [6, 6.07) is 0.387. The molecular formula is C8H11NO2. The van der Waals surface area contributed by atoms with Crippen molar-refractivity contribution in [3.63, 3.8) is 0 Å². The zero-order chi connectivity index (χ0) is 7.84. The molecule has 2 unspecified atom stereocenters. The van der Waals surface area contributed by atoms with Gasteiger partial charge in [-0.05, 0) is 12.8 Å². The van der Waals surface area contributed by atoms with Gasteiger partial charge in [0.05, 0.1) is 0 Å². The van der Waals surface area contributed by atoms with E-state index in [4.69, 9.17) is 0 Å². The van der Waals surface area contributed by atoms with Gasteiger partial charge < -0.3 is 9.69 Å². The fourth-order valence-corrected chi connectivity index (χ4v) is 2.06. The number of rotatable bonds is 1. The van der Waals surface area contributed by atoms with Crippen LogP contribution in [0.4, 0.5) is 0 Å². The van der Waals surface area contributed by atoms with E-state index in [-0.39, 0.29) is 11.8 Å². The summed E-state index contributed by atoms with van der Waals surface area (Å²) in [5, 5.41) is 0. The molecule has 2 heterocycles. The number of fused-ring (bicyclic) bond motifs is 1. The number of carbonyl (C=O) groups excluding carboxylic acids is 2. The van der Waals surface area contributed by atoms with E-state index in [2.05, 4.69) is 0 Å². The van der Waals surface area contributed by atoms with Gasteiger partial charge in [0.25, 0.3) is 0 Å². The van der Waals surface area contributed by atoms with Gasteiger partial charge in [0.1, 0.15) is 6.29 Å². The molecule has 0 saturated carbocycles. The van der Waals surface area contributed by atoms with Gasteiger partial charge in [0.2, 0.25) is 5.91 Å². The van der Waals surface area contributed by atoms with Crippen LogP contribution in [0.2, 0.25) is 0 Å². The first-order valence-electron chi connectivity index (χ1n) is 4.06. The van der Waals surface area contributed by atoms with Gasteiger partial charge in [0.15, 0.2) is 0 Å². The maximum Gasteiger partial charge on any atom is 0.222 e. The van der Waals surface area contributed by atoms with E-state index in [0.29, 0.717) is 19.0 Å². The van der Waals surface area contributed by atoms with E-state index in [1.165, 1.54) is 0 Å². The third-order valence-corrected chi connectivity index (χ3v) is 2.65. The van der Waals surface area contributed by atoms with Crippen LogP contribution in [0.5, 0.6) is 0 Å². The predicted octanol–water partition coefficient (Wildman–Crippen LogP) is 0.196. The monoisotopic (exact) mass is 153 g/mol. The SMILES string of the molecule is O=CC1CC2CCC(=O)N2C1. The Morgan fingerprint density at radius 1 is 1.55 bits per heavy atom. The minimum Gasteiger partial charge on any atom is -0.339 e. The van der Waals surface area contributed by atoms with Gasteiger partial charge in [0, 0.05) is 24.9 Å². The molecule has 3 nitrogen and oxygen atoms in total. The Bertz CT molecular complexity index is 202. The van der Waals surface area contributed by atoms with Crippen molar-refractivity contribution in [2.24, 2.45) is 5.92 Å². The van der Waals surface area contributed by atoms with Crippen LogP contribution in [0.1, 0.15) is 19.3 Å². The average molecular weight is 153 g/mol. The van der Waals surface area contributed by atoms with Crippen LogP contribution in [-0.4, -0.2) is 29.7 Å². The Hall–Kier alpha value is -0.860. The molecule has 1 amide bonds. The van der Waals surface area contributed by atoms with E-state index in [9.17, 15) is 9.59 Å². The lowest BCUT2D eigenvalue weighted by Crippen LogP contribution is -2.27. The van der Waals surface area contributed by atoms with E-state index < -0.39 is 0 Å². The van der Waals surface area contributed by atoms with Crippen LogP contribution in [-0.2, 0) is 9.59 Å². The van der Waals surface area contributed by atoms with Gasteiger partial charge in [-0.15, -0.1) is 0 Å². The molecule has 11 heavy (non-hydrogen) atoms. The van der Waals surface area contributed by atoms with Crippen LogP contribution >= 0.6 is 0 Å². The summed E-state index contributed by atoms with van der Waals surface area (Å²) in [6.45, 7) is 0.674. The average Bonchev–Trinajstić information content (AvgIpc) is 2.53. The molecule has 2 saturated heterocycles. The first kappa shape index (κ1) is 6.83. The lowest BCUT2D eigenvalue weighted by atomic mass is 10.1. The van der Waals surface area contributed by atoms with E-state index in [1.807, 2.05) is 4.90 Å². The number of amides is 1. The Morgan fingerprint density at radius 2 is 2.36 bits per heavy atom. The molecule has 0 bridgehead atoms. The normalized spacial score (nSPS) is 36.0. The van der Waals surface area contributed by atoms with E-state index >= 15 is 0 Å². The highest BCUT2D eigenvalue weighted by Gasteiger charge is 2.39. The third-order valence-electron chi connectivity index (χ3n) is 2.65. The maximum absolute atomic E-state index is 11.1. The Labute approximate surface area is 65.4 Å². The summed E-state index contributed by atoms with van der Waals surface area (Å²) in [5.41, 5.74) is 0. The maximum atomic E-state index is 11.1. The first-order valence-corrected chi connectivity index (χ1v) is 4.06. The molecule has 2 fully saturated rings. The highest BCUT2D eigenvalue weighted by molar-refractivity contribution is 5.80. The van der Waals surface area contributed by atoms with Crippen molar-refractivity contribution < 1.29 is 9.59 Å². The third kappa shape index (κ3) is 0.951. The van der Waals surface area contributed by atoms with Crippen LogP contribution in [0, 0.1) is 5.92 Å². The number of nitrogens with zero attached hydrogens (tertiary/aromatic N) is 1. The predicted molar refractivity (Wildman–Crippen MR) is 38.9 cm³/mol. The van der Waals surface area contributed by atoms with Crippen LogP contribution in [0.15, 0.2) is 0 Å². The van der Waals surface area contributed by atoms with Crippen molar-refractivity contribution in [2.45, 2.75) is 25.3 Å². The van der Waals surface area contributed by atoms with Crippen LogP contribution < -0.4 is 0 Å². The molecular weight excluding hydrogens is 142 g/mol. The molecule has 2 atom stereocenters. The summed E-state index contributed by atoms with van der Waals surface area (Å²) < 4.78 is 0. The summed E-state index contributed by atoms with van der Waals surface area (Å²) in [5.74, 6) is 0.351. The van der Waals surface area contributed by atoms with Crippen molar-refractivity contribution in [3.8, 4) is 0 Å². The lowest BCUT2D eigenvalue weighted by molar-refractivity contribution is -0.128. The van der Waals surface area contributed by atoms with Gasteiger partial charge in [-0.1, -0.05) is 0 Å². The van der Waals surface area contributed by atoms with Crippen LogP contribution in [0.25, 0.3) is 0 Å². The second-order valence-corrected chi connectivity index (χ2v) is 3.37. The fraction of sp³-hybridized carbons (Fsp3) is 0.750. The summed E-state index contributed by atoms with van der Waals surface area (Å²) in [4.78, 5) is 23.4. The molecule has 0 aromatic heterocycles. The Kier molecular flexibility index (Phi) is 1.44. The molecule has 0 aliphatic carbocycles. The Balaban J connectivity index is 2.09. The fourth-order valence-electron chi connectivity index (χ4n) is 2.06. The molecule has 0 aromatic rings. The number of carbonyl (C=O) groups is 2. The van der Waals surface area contributed by atoms with Crippen molar-refractivity contribution in [2.75, 3.05) is 6.54 Å². The van der Waals surface area contributed by atoms with E-state index in [1.54, 1.807) is 0 Å². The van der Waals surface area contributed by atoms with Gasteiger partial charge in [-0.3, -0.25) is 4.79 Å². The lowest BCUT2D eigenvalue weighted by Gasteiger charge is -2.13. The molecule has 0 spiro atoms. The molecule has 2 aliphatic rings. The summed E-state index contributed by atoms with van der Waals surface area (Å²) in [6.07, 6.45) is 3.53. The molecule has 3 heteroatoms. The van der Waals surface area contributed by atoms with Gasteiger partial charge >= 0.3 is 0 Å². The second kappa shape index (κ2) is 2.32. The smallest absolute Gasteiger partial charge is 0.222 e. The zero-order valence-electron chi connectivity index (χ0n) is 6.32. The molecule has 0 aromatic carbocycles. The topological polar surface area (TPSA) is 37.4 Å².